The van der Waals surface area contributed by atoms with Crippen molar-refractivity contribution in [3.8, 4) is 0 Å². The van der Waals surface area contributed by atoms with Gasteiger partial charge in [-0.1, -0.05) is 18.2 Å². The van der Waals surface area contributed by atoms with Crippen molar-refractivity contribution in [1.29, 1.82) is 0 Å². The van der Waals surface area contributed by atoms with Gasteiger partial charge >= 0.3 is 0 Å². The van der Waals surface area contributed by atoms with E-state index in [2.05, 4.69) is 51.0 Å². The first-order valence-corrected chi connectivity index (χ1v) is 6.91. The average Bonchev–Trinajstić information content (AvgIpc) is 2.80. The van der Waals surface area contributed by atoms with Gasteiger partial charge in [0.15, 0.2) is 0 Å². The fourth-order valence-corrected chi connectivity index (χ4v) is 2.65. The molecule has 0 atom stereocenters. The van der Waals surface area contributed by atoms with Gasteiger partial charge in [0.2, 0.25) is 0 Å². The van der Waals surface area contributed by atoms with E-state index in [4.69, 9.17) is 0 Å². The quantitative estimate of drug-likeness (QED) is 0.912. The normalized spacial score (nSPS) is 15.1. The molecule has 1 aromatic carbocycles. The van der Waals surface area contributed by atoms with Crippen molar-refractivity contribution in [2.24, 2.45) is 0 Å². The molecule has 0 amide bonds. The number of aryl methyl sites for hydroxylation is 1. The van der Waals surface area contributed by atoms with E-state index in [-0.39, 0.29) is 0 Å². The zero-order valence-electron chi connectivity index (χ0n) is 11.3. The van der Waals surface area contributed by atoms with Gasteiger partial charge in [-0.25, -0.2) is 4.98 Å². The summed E-state index contributed by atoms with van der Waals surface area (Å²) in [7, 11) is 0. The Kier molecular flexibility index (Phi) is 3.51. The number of fused-ring (bicyclic) bond motifs is 1. The maximum Gasteiger partial charge on any atom is 0.0948 e. The minimum absolute atomic E-state index is 0.923. The largest absolute Gasteiger partial charge is 0.364 e. The van der Waals surface area contributed by atoms with Crippen LogP contribution in [0.4, 0.5) is 5.69 Å². The summed E-state index contributed by atoms with van der Waals surface area (Å²) in [5, 5.41) is 3.48. The number of nitrogens with zero attached hydrogens (tertiary/aromatic N) is 3. The van der Waals surface area contributed by atoms with E-state index in [9.17, 15) is 0 Å². The monoisotopic (exact) mass is 256 g/mol. The van der Waals surface area contributed by atoms with Crippen molar-refractivity contribution in [2.75, 3.05) is 18.0 Å². The summed E-state index contributed by atoms with van der Waals surface area (Å²) in [5.74, 6) is 0. The molecule has 0 saturated carbocycles. The lowest BCUT2D eigenvalue weighted by atomic mass is 10.1. The van der Waals surface area contributed by atoms with Crippen LogP contribution >= 0.6 is 0 Å². The Morgan fingerprint density at radius 3 is 3.11 bits per heavy atom. The predicted molar refractivity (Wildman–Crippen MR) is 77.1 cm³/mol. The van der Waals surface area contributed by atoms with Crippen LogP contribution in [0.5, 0.6) is 0 Å². The number of anilines is 1. The van der Waals surface area contributed by atoms with Crippen molar-refractivity contribution >= 4 is 5.69 Å². The Hall–Kier alpha value is -1.81. The molecule has 4 nitrogen and oxygen atoms in total. The Morgan fingerprint density at radius 1 is 1.32 bits per heavy atom. The highest BCUT2D eigenvalue weighted by molar-refractivity contribution is 5.54. The Balaban J connectivity index is 1.88. The molecule has 1 aliphatic heterocycles. The van der Waals surface area contributed by atoms with Crippen LogP contribution in [-0.4, -0.2) is 22.6 Å². The van der Waals surface area contributed by atoms with Crippen LogP contribution in [0, 0.1) is 0 Å². The Morgan fingerprint density at radius 2 is 2.21 bits per heavy atom. The number of benzene rings is 1. The van der Waals surface area contributed by atoms with E-state index in [1.165, 1.54) is 16.9 Å². The molecule has 2 heterocycles. The van der Waals surface area contributed by atoms with Gasteiger partial charge in [-0.2, -0.15) is 0 Å². The highest BCUT2D eigenvalue weighted by atomic mass is 15.2. The summed E-state index contributed by atoms with van der Waals surface area (Å²) >= 11 is 0. The number of hydrogen-bond acceptors (Lipinski definition) is 3. The van der Waals surface area contributed by atoms with Crippen LogP contribution in [0.2, 0.25) is 0 Å². The first-order valence-electron chi connectivity index (χ1n) is 6.91. The van der Waals surface area contributed by atoms with Crippen LogP contribution < -0.4 is 10.2 Å². The lowest BCUT2D eigenvalue weighted by Gasteiger charge is -2.24. The Bertz CT molecular complexity index is 547. The third kappa shape index (κ3) is 2.49. The van der Waals surface area contributed by atoms with Gasteiger partial charge in [-0.3, -0.25) is 0 Å². The van der Waals surface area contributed by atoms with Gasteiger partial charge in [0.1, 0.15) is 0 Å². The van der Waals surface area contributed by atoms with Gasteiger partial charge in [0, 0.05) is 38.1 Å². The van der Waals surface area contributed by atoms with Crippen molar-refractivity contribution in [1.82, 2.24) is 14.9 Å². The standard InChI is InChI=1S/C15H20N4/c1-2-18-12-17-10-14(18)11-19-8-7-16-9-13-5-3-4-6-15(13)19/h3-6,10,12,16H,2,7-9,11H2,1H3. The number of para-hydroxylation sites is 1. The highest BCUT2D eigenvalue weighted by Crippen LogP contribution is 2.23. The summed E-state index contributed by atoms with van der Waals surface area (Å²) in [6.45, 7) is 7.07. The van der Waals surface area contributed by atoms with Crippen LogP contribution in [0.25, 0.3) is 0 Å². The van der Waals surface area contributed by atoms with E-state index in [0.29, 0.717) is 0 Å². The number of aromatic nitrogens is 2. The van der Waals surface area contributed by atoms with E-state index >= 15 is 0 Å². The molecule has 0 fully saturated rings. The molecule has 0 unspecified atom stereocenters. The summed E-state index contributed by atoms with van der Waals surface area (Å²) in [4.78, 5) is 6.70. The second-order valence-electron chi connectivity index (χ2n) is 4.90. The second-order valence-corrected chi connectivity index (χ2v) is 4.90. The first kappa shape index (κ1) is 12.2. The molecule has 0 aliphatic carbocycles. The van der Waals surface area contributed by atoms with Crippen LogP contribution in [-0.2, 0) is 19.6 Å². The molecule has 4 heteroatoms. The van der Waals surface area contributed by atoms with Crippen molar-refractivity contribution < 1.29 is 0 Å². The molecule has 1 aromatic heterocycles. The molecule has 19 heavy (non-hydrogen) atoms. The molecular formula is C15H20N4. The molecule has 0 saturated heterocycles. The number of nitrogens with one attached hydrogen (secondary N) is 1. The molecule has 0 bridgehead atoms. The van der Waals surface area contributed by atoms with E-state index in [1.807, 2.05) is 12.5 Å². The van der Waals surface area contributed by atoms with Gasteiger partial charge < -0.3 is 14.8 Å². The topological polar surface area (TPSA) is 33.1 Å². The zero-order chi connectivity index (χ0) is 13.1. The summed E-state index contributed by atoms with van der Waals surface area (Å²) in [6, 6.07) is 8.65. The average molecular weight is 256 g/mol. The maximum absolute atomic E-state index is 4.26. The summed E-state index contributed by atoms with van der Waals surface area (Å²) in [5.41, 5.74) is 4.00. The van der Waals surface area contributed by atoms with Crippen LogP contribution in [0.1, 0.15) is 18.2 Å². The van der Waals surface area contributed by atoms with Crippen LogP contribution in [0.3, 0.4) is 0 Å². The molecule has 0 radical (unpaired) electrons. The Labute approximate surface area is 114 Å². The van der Waals surface area contributed by atoms with Crippen LogP contribution in [0.15, 0.2) is 36.8 Å². The summed E-state index contributed by atoms with van der Waals surface area (Å²) < 4.78 is 2.21. The molecule has 1 N–H and O–H groups in total. The molecule has 2 aromatic rings. The van der Waals surface area contributed by atoms with Crippen molar-refractivity contribution in [3.05, 3.63) is 48.0 Å². The fourth-order valence-electron chi connectivity index (χ4n) is 2.65. The molecule has 1 aliphatic rings. The number of imidazole rings is 1. The molecule has 0 spiro atoms. The third-order valence-electron chi connectivity index (χ3n) is 3.70. The molecule has 100 valence electrons. The second kappa shape index (κ2) is 5.45. The number of rotatable bonds is 3. The zero-order valence-corrected chi connectivity index (χ0v) is 11.3. The smallest absolute Gasteiger partial charge is 0.0948 e. The van der Waals surface area contributed by atoms with Gasteiger partial charge in [-0.15, -0.1) is 0 Å². The summed E-state index contributed by atoms with van der Waals surface area (Å²) in [6.07, 6.45) is 3.89. The van der Waals surface area contributed by atoms with E-state index in [0.717, 1.165) is 32.7 Å². The molecular weight excluding hydrogens is 236 g/mol. The van der Waals surface area contributed by atoms with E-state index in [1.54, 1.807) is 0 Å². The lowest BCUT2D eigenvalue weighted by molar-refractivity contribution is 0.658. The number of hydrogen-bond donors (Lipinski definition) is 1. The minimum Gasteiger partial charge on any atom is -0.364 e. The van der Waals surface area contributed by atoms with E-state index < -0.39 is 0 Å². The van der Waals surface area contributed by atoms with Gasteiger partial charge in [0.05, 0.1) is 18.6 Å². The van der Waals surface area contributed by atoms with Crippen molar-refractivity contribution in [2.45, 2.75) is 26.6 Å². The SMILES string of the molecule is CCn1cncc1CN1CCNCc2ccccc21. The maximum atomic E-state index is 4.26. The third-order valence-corrected chi connectivity index (χ3v) is 3.70. The lowest BCUT2D eigenvalue weighted by Crippen LogP contribution is -2.29. The highest BCUT2D eigenvalue weighted by Gasteiger charge is 2.15. The minimum atomic E-state index is 0.923. The van der Waals surface area contributed by atoms with Crippen molar-refractivity contribution in [3.63, 3.8) is 0 Å². The first-order chi connectivity index (χ1) is 9.38. The molecule has 3 rings (SSSR count). The predicted octanol–water partition coefficient (Wildman–Crippen LogP) is 2.01. The van der Waals surface area contributed by atoms with Gasteiger partial charge in [-0.05, 0) is 18.6 Å². The van der Waals surface area contributed by atoms with Gasteiger partial charge in [0.25, 0.3) is 0 Å². The fraction of sp³-hybridized carbons (Fsp3) is 0.400.